The summed E-state index contributed by atoms with van der Waals surface area (Å²) in [5.41, 5.74) is -3.39. The molecule has 0 amide bonds. The van der Waals surface area contributed by atoms with Crippen LogP contribution in [0.5, 0.6) is 0 Å². The molecule has 0 aliphatic carbocycles. The van der Waals surface area contributed by atoms with E-state index in [0.717, 1.165) is 56.6 Å². The summed E-state index contributed by atoms with van der Waals surface area (Å²) >= 11 is 0. The zero-order valence-corrected chi connectivity index (χ0v) is 37.1. The summed E-state index contributed by atoms with van der Waals surface area (Å²) in [5.74, 6) is -8.72. The fourth-order valence-corrected chi connectivity index (χ4v) is 7.52. The van der Waals surface area contributed by atoms with Crippen molar-refractivity contribution < 1.29 is 17.6 Å². The van der Waals surface area contributed by atoms with Crippen LogP contribution in [0.1, 0.15) is 22.8 Å². The molecule has 0 fully saturated rings. The van der Waals surface area contributed by atoms with Gasteiger partial charge in [0.05, 0.1) is 10.4 Å². The Morgan fingerprint density at radius 3 is 0.816 bits per heavy atom. The van der Waals surface area contributed by atoms with Crippen LogP contribution in [0.3, 0.4) is 0 Å². The third kappa shape index (κ3) is 8.30. The summed E-state index contributed by atoms with van der Waals surface area (Å²) in [6.07, 6.45) is 0. The highest BCUT2D eigenvalue weighted by Gasteiger charge is 2.27. The number of halogens is 4. The molecule has 0 radical (unpaired) electrons. The lowest BCUT2D eigenvalue weighted by Gasteiger charge is -2.11. The molecule has 0 atom stereocenters. The lowest BCUT2D eigenvalue weighted by Crippen LogP contribution is -2.31. The maximum Gasteiger partial charge on any atom is 0.307 e. The molecule has 344 valence electrons. The second-order valence-corrected chi connectivity index (χ2v) is 14.6. The van der Waals surface area contributed by atoms with Gasteiger partial charge in [0, 0.05) is 10.4 Å². The maximum atomic E-state index is 13.6. The van der Waals surface area contributed by atoms with Crippen molar-refractivity contribution in [1.82, 2.24) is 29.9 Å². The zero-order chi connectivity index (χ0) is 55.1. The molecule has 0 aliphatic heterocycles. The van der Waals surface area contributed by atoms with E-state index in [9.17, 15) is 38.6 Å². The molecule has 9 aromatic rings. The van der Waals surface area contributed by atoms with E-state index in [2.05, 4.69) is 39.6 Å². The van der Waals surface area contributed by atoms with Crippen molar-refractivity contribution in [2.45, 2.75) is 0 Å². The predicted octanol–water partition coefficient (Wildman–Crippen LogP) is 5.72. The Morgan fingerprint density at radius 1 is 0.355 bits per heavy atom. The van der Waals surface area contributed by atoms with Crippen LogP contribution in [0.25, 0.3) is 97.4 Å². The molecule has 0 saturated heterocycles. The van der Waals surface area contributed by atoms with E-state index in [-0.39, 0.29) is 78.7 Å². The second-order valence-electron chi connectivity index (χ2n) is 14.6. The van der Waals surface area contributed by atoms with Crippen molar-refractivity contribution >= 4 is 99.3 Å². The lowest BCUT2D eigenvalue weighted by molar-refractivity contribution is 0.434. The number of rotatable bonds is 0. The molecular formula is C52H8F4N20. The van der Waals surface area contributed by atoms with E-state index in [4.69, 9.17) is 55.2 Å². The van der Waals surface area contributed by atoms with E-state index < -0.39 is 44.9 Å². The number of fused-ring (bicyclic) bond motifs is 6. The Morgan fingerprint density at radius 2 is 0.592 bits per heavy atom. The highest BCUT2D eigenvalue weighted by Crippen LogP contribution is 2.35. The van der Waals surface area contributed by atoms with Gasteiger partial charge in [-0.2, -0.15) is 63.1 Å². The van der Waals surface area contributed by atoms with Crippen LogP contribution in [-0.2, 0) is 0 Å². The Kier molecular flexibility index (Phi) is 13.6. The van der Waals surface area contributed by atoms with E-state index in [1.54, 1.807) is 24.3 Å². The fourth-order valence-electron chi connectivity index (χ4n) is 7.52. The molecule has 0 bridgehead atoms. The number of benzene rings is 6. The van der Waals surface area contributed by atoms with Crippen LogP contribution in [0.2, 0.25) is 0 Å². The molecule has 24 heteroatoms. The SMILES string of the molecule is N#CC(C#N)=c1c(F)c(F)c(=C(C#N)C#N)c(F)c1F.N#CC(C#N)=c1cc2ccc3cc(=C(C#N)C#N)cc4ccc(c1)c2c34.[C-]#[N+]c1nc2c(nc1C#N)c1nc(C#N)c(C#N)nc1c1nc(C#N)c([N+]#[C-])nc12. The van der Waals surface area contributed by atoms with Crippen LogP contribution in [0.4, 0.5) is 29.2 Å². The minimum Gasteiger partial charge on any atom is -0.358 e. The van der Waals surface area contributed by atoms with Crippen LogP contribution >= 0.6 is 0 Å². The summed E-state index contributed by atoms with van der Waals surface area (Å²) in [4.78, 5) is 31.1. The minimum atomic E-state index is -2.03. The first-order valence-electron chi connectivity index (χ1n) is 20.1. The monoisotopic (exact) mass is 988 g/mol. The molecule has 3 aromatic heterocycles. The van der Waals surface area contributed by atoms with Crippen LogP contribution < -0.4 is 20.9 Å². The van der Waals surface area contributed by atoms with Gasteiger partial charge >= 0.3 is 11.6 Å². The third-order valence-corrected chi connectivity index (χ3v) is 10.7. The first kappa shape index (κ1) is 50.3. The summed E-state index contributed by atoms with van der Waals surface area (Å²) in [7, 11) is 0. The molecule has 0 aliphatic rings. The molecule has 3 heterocycles. The lowest BCUT2D eigenvalue weighted by atomic mass is 9.92. The summed E-state index contributed by atoms with van der Waals surface area (Å²) in [6.45, 7) is 14.5. The summed E-state index contributed by atoms with van der Waals surface area (Å²) < 4.78 is 54.5. The Balaban J connectivity index is 0.000000170. The fraction of sp³-hybridized carbons (Fsp3) is 0. The normalized spacial score (nSPS) is 9.66. The van der Waals surface area contributed by atoms with E-state index in [0.29, 0.717) is 10.4 Å². The van der Waals surface area contributed by atoms with Gasteiger partial charge in [0.1, 0.15) is 117 Å². The summed E-state index contributed by atoms with van der Waals surface area (Å²) in [5, 5.41) is 112. The van der Waals surface area contributed by atoms with Crippen molar-refractivity contribution in [2.75, 3.05) is 0 Å². The first-order chi connectivity index (χ1) is 36.7. The van der Waals surface area contributed by atoms with Gasteiger partial charge in [-0.15, -0.1) is 9.97 Å². The molecule has 20 nitrogen and oxygen atoms in total. The summed E-state index contributed by atoms with van der Waals surface area (Å²) in [6, 6.07) is 34.2. The van der Waals surface area contributed by atoms with Crippen molar-refractivity contribution in [3.8, 4) is 72.8 Å². The Hall–Kier alpha value is -13.6. The van der Waals surface area contributed by atoms with Gasteiger partial charge in [-0.25, -0.2) is 37.5 Å². The number of nitriles is 12. The van der Waals surface area contributed by atoms with Crippen molar-refractivity contribution in [3.63, 3.8) is 0 Å². The molecule has 0 unspecified atom stereocenters. The van der Waals surface area contributed by atoms with Crippen molar-refractivity contribution in [1.29, 1.82) is 63.1 Å². The minimum absolute atomic E-state index is 0.00714. The maximum absolute atomic E-state index is 13.6. The quantitative estimate of drug-likeness (QED) is 0.0758. The molecule has 9 rings (SSSR count). The first-order valence-corrected chi connectivity index (χ1v) is 20.1. The van der Waals surface area contributed by atoms with E-state index >= 15 is 0 Å². The van der Waals surface area contributed by atoms with Crippen LogP contribution in [0.15, 0.2) is 48.5 Å². The molecule has 0 spiro atoms. The van der Waals surface area contributed by atoms with Crippen LogP contribution in [0, 0.1) is 172 Å². The molecule has 6 aromatic carbocycles. The molecule has 76 heavy (non-hydrogen) atoms. The predicted molar refractivity (Wildman–Crippen MR) is 251 cm³/mol. The molecular weight excluding hydrogens is 981 g/mol. The van der Waals surface area contributed by atoms with Gasteiger partial charge in [-0.05, 0) is 56.6 Å². The van der Waals surface area contributed by atoms with Gasteiger partial charge in [-0.3, -0.25) is 0 Å². The van der Waals surface area contributed by atoms with Crippen molar-refractivity contribution in [3.05, 3.63) is 138 Å². The van der Waals surface area contributed by atoms with Crippen molar-refractivity contribution in [2.24, 2.45) is 0 Å². The third-order valence-electron chi connectivity index (χ3n) is 10.7. The average Bonchev–Trinajstić information content (AvgIpc) is 3.47. The number of aromatic nitrogens is 6. The smallest absolute Gasteiger partial charge is 0.307 e. The highest BCUT2D eigenvalue weighted by atomic mass is 19.2. The number of nitrogens with zero attached hydrogens (tertiary/aromatic N) is 20. The number of hydrogen-bond acceptors (Lipinski definition) is 18. The topological polar surface area (TPSA) is 372 Å². The molecule has 0 saturated carbocycles. The zero-order valence-electron chi connectivity index (χ0n) is 37.1. The van der Waals surface area contributed by atoms with Gasteiger partial charge in [0.15, 0.2) is 46.0 Å². The number of hydrogen-bond donors (Lipinski definition) is 0. The Labute approximate surface area is 419 Å². The van der Waals surface area contributed by atoms with Gasteiger partial charge < -0.3 is 9.69 Å². The molecule has 0 N–H and O–H groups in total. The largest absolute Gasteiger partial charge is 0.358 e. The Bertz CT molecular complexity index is 4400. The van der Waals surface area contributed by atoms with Gasteiger partial charge in [0.25, 0.3) is 0 Å². The highest BCUT2D eigenvalue weighted by molar-refractivity contribution is 6.23. The standard InChI is InChI=1S/C22H8N4.C18N12.C12F4N4/c23-9-19(10-24)17-5-13-1-2-14-6-18(20(11-25)12-26)8-16-4-3-15(7-17)21(13)22(14)16;1-23-17-9(5-21)27-13-11-12(26-8(4-20)7(3-19)25-11)14-16(15(13)29-17)30-18(24-2)10(6-22)28-14;13-9-7(5(1-17)2-18)10(14)12(16)8(11(9)15)6(3-19)4-20/h1-8H;;. The second kappa shape index (κ2) is 20.6. The van der Waals surface area contributed by atoms with Gasteiger partial charge in [-0.1, -0.05) is 37.4 Å². The van der Waals surface area contributed by atoms with E-state index in [1.807, 2.05) is 72.8 Å². The average molecular weight is 989 g/mol. The van der Waals surface area contributed by atoms with Crippen LogP contribution in [-0.4, -0.2) is 29.9 Å². The van der Waals surface area contributed by atoms with Gasteiger partial charge in [0.2, 0.25) is 11.0 Å². The van der Waals surface area contributed by atoms with E-state index in [1.165, 1.54) is 0 Å².